The Kier molecular flexibility index (Phi) is 3.28. The first-order valence-electron chi connectivity index (χ1n) is 5.27. The van der Waals surface area contributed by atoms with Gasteiger partial charge in [0, 0.05) is 17.1 Å². The standard InChI is InChI=1S/C14H14ClN/c1-10-4-2-3-5-12(10)13-7-6-11(9-16)8-14(13)15/h2-8H,9,16H2,1H3. The van der Waals surface area contributed by atoms with Crippen molar-refractivity contribution >= 4 is 11.6 Å². The number of aryl methyl sites for hydroxylation is 1. The van der Waals surface area contributed by atoms with Gasteiger partial charge in [0.15, 0.2) is 0 Å². The lowest BCUT2D eigenvalue weighted by Gasteiger charge is -2.09. The molecule has 0 fully saturated rings. The fourth-order valence-corrected chi connectivity index (χ4v) is 2.08. The van der Waals surface area contributed by atoms with Crippen LogP contribution in [0.25, 0.3) is 11.1 Å². The van der Waals surface area contributed by atoms with Crippen LogP contribution >= 0.6 is 11.6 Å². The molecule has 0 amide bonds. The molecule has 0 spiro atoms. The van der Waals surface area contributed by atoms with Crippen LogP contribution in [0, 0.1) is 6.92 Å². The summed E-state index contributed by atoms with van der Waals surface area (Å²) in [5.41, 5.74) is 10.1. The first kappa shape index (κ1) is 11.2. The molecule has 2 rings (SSSR count). The molecule has 0 heterocycles. The maximum Gasteiger partial charge on any atom is 0.0487 e. The summed E-state index contributed by atoms with van der Waals surface area (Å²) >= 11 is 6.26. The van der Waals surface area contributed by atoms with E-state index in [-0.39, 0.29) is 0 Å². The molecular weight excluding hydrogens is 218 g/mol. The maximum atomic E-state index is 6.26. The molecule has 2 aromatic rings. The van der Waals surface area contributed by atoms with Crippen LogP contribution < -0.4 is 5.73 Å². The molecule has 0 radical (unpaired) electrons. The van der Waals surface area contributed by atoms with Crippen LogP contribution in [0.15, 0.2) is 42.5 Å². The summed E-state index contributed by atoms with van der Waals surface area (Å²) < 4.78 is 0. The van der Waals surface area contributed by atoms with Gasteiger partial charge in [-0.15, -0.1) is 0 Å². The summed E-state index contributed by atoms with van der Waals surface area (Å²) in [4.78, 5) is 0. The van der Waals surface area contributed by atoms with E-state index < -0.39 is 0 Å². The number of halogens is 1. The van der Waals surface area contributed by atoms with Gasteiger partial charge in [0.2, 0.25) is 0 Å². The van der Waals surface area contributed by atoms with Gasteiger partial charge in [-0.25, -0.2) is 0 Å². The van der Waals surface area contributed by atoms with Crippen molar-refractivity contribution in [2.45, 2.75) is 13.5 Å². The normalized spacial score (nSPS) is 10.4. The average Bonchev–Trinajstić information content (AvgIpc) is 2.30. The Bertz CT molecular complexity index is 506. The summed E-state index contributed by atoms with van der Waals surface area (Å²) in [7, 11) is 0. The van der Waals surface area contributed by atoms with Crippen molar-refractivity contribution in [3.8, 4) is 11.1 Å². The molecule has 0 aliphatic heterocycles. The molecule has 2 N–H and O–H groups in total. The quantitative estimate of drug-likeness (QED) is 0.837. The fraction of sp³-hybridized carbons (Fsp3) is 0.143. The zero-order valence-electron chi connectivity index (χ0n) is 9.20. The summed E-state index contributed by atoms with van der Waals surface area (Å²) in [6, 6.07) is 14.2. The van der Waals surface area contributed by atoms with Crippen LogP contribution in [-0.4, -0.2) is 0 Å². The van der Waals surface area contributed by atoms with Crippen molar-refractivity contribution < 1.29 is 0 Å². The lowest BCUT2D eigenvalue weighted by atomic mass is 9.99. The highest BCUT2D eigenvalue weighted by atomic mass is 35.5. The minimum Gasteiger partial charge on any atom is -0.326 e. The van der Waals surface area contributed by atoms with Crippen LogP contribution in [0.2, 0.25) is 5.02 Å². The number of hydrogen-bond acceptors (Lipinski definition) is 1. The van der Waals surface area contributed by atoms with Gasteiger partial charge >= 0.3 is 0 Å². The summed E-state index contributed by atoms with van der Waals surface area (Å²) in [6.07, 6.45) is 0. The van der Waals surface area contributed by atoms with E-state index in [4.69, 9.17) is 17.3 Å². The Hall–Kier alpha value is -1.31. The minimum absolute atomic E-state index is 0.522. The number of benzene rings is 2. The molecular formula is C14H14ClN. The predicted octanol–water partition coefficient (Wildman–Crippen LogP) is 3.77. The van der Waals surface area contributed by atoms with Crippen LogP contribution in [-0.2, 0) is 6.54 Å². The largest absolute Gasteiger partial charge is 0.326 e. The van der Waals surface area contributed by atoms with E-state index in [0.29, 0.717) is 6.54 Å². The zero-order chi connectivity index (χ0) is 11.5. The molecule has 0 aromatic heterocycles. The van der Waals surface area contributed by atoms with Crippen molar-refractivity contribution in [1.29, 1.82) is 0 Å². The number of hydrogen-bond donors (Lipinski definition) is 1. The Labute approximate surface area is 101 Å². The second-order valence-electron chi connectivity index (χ2n) is 3.83. The van der Waals surface area contributed by atoms with Crippen LogP contribution in [0.3, 0.4) is 0 Å². The molecule has 0 saturated carbocycles. The Morgan fingerprint density at radius 2 is 1.81 bits per heavy atom. The first-order chi connectivity index (χ1) is 7.72. The van der Waals surface area contributed by atoms with Crippen LogP contribution in [0.4, 0.5) is 0 Å². The molecule has 0 aliphatic rings. The molecule has 1 nitrogen and oxygen atoms in total. The predicted molar refractivity (Wildman–Crippen MR) is 69.5 cm³/mol. The van der Waals surface area contributed by atoms with Gasteiger partial charge in [0.1, 0.15) is 0 Å². The van der Waals surface area contributed by atoms with E-state index >= 15 is 0 Å². The monoisotopic (exact) mass is 231 g/mol. The Morgan fingerprint density at radius 3 is 2.44 bits per heavy atom. The van der Waals surface area contributed by atoms with E-state index in [1.54, 1.807) is 0 Å². The summed E-state index contributed by atoms with van der Waals surface area (Å²) in [6.45, 7) is 2.61. The molecule has 0 unspecified atom stereocenters. The summed E-state index contributed by atoms with van der Waals surface area (Å²) in [5, 5.41) is 0.761. The van der Waals surface area contributed by atoms with Crippen molar-refractivity contribution in [3.05, 3.63) is 58.6 Å². The van der Waals surface area contributed by atoms with Gasteiger partial charge in [-0.05, 0) is 29.7 Å². The molecule has 0 bridgehead atoms. The smallest absolute Gasteiger partial charge is 0.0487 e. The second-order valence-corrected chi connectivity index (χ2v) is 4.24. The van der Waals surface area contributed by atoms with E-state index in [2.05, 4.69) is 19.1 Å². The van der Waals surface area contributed by atoms with Gasteiger partial charge in [-0.3, -0.25) is 0 Å². The third-order valence-electron chi connectivity index (χ3n) is 2.70. The Morgan fingerprint density at radius 1 is 1.06 bits per heavy atom. The highest BCUT2D eigenvalue weighted by Crippen LogP contribution is 2.30. The van der Waals surface area contributed by atoms with Crippen LogP contribution in [0.5, 0.6) is 0 Å². The molecule has 0 atom stereocenters. The molecule has 0 aliphatic carbocycles. The van der Waals surface area contributed by atoms with Crippen molar-refractivity contribution in [1.82, 2.24) is 0 Å². The second kappa shape index (κ2) is 4.69. The highest BCUT2D eigenvalue weighted by molar-refractivity contribution is 6.33. The van der Waals surface area contributed by atoms with Crippen molar-refractivity contribution in [2.24, 2.45) is 5.73 Å². The molecule has 2 aromatic carbocycles. The van der Waals surface area contributed by atoms with E-state index in [1.807, 2.05) is 30.3 Å². The van der Waals surface area contributed by atoms with Gasteiger partial charge in [-0.1, -0.05) is 48.0 Å². The average molecular weight is 232 g/mol. The van der Waals surface area contributed by atoms with Gasteiger partial charge in [0.05, 0.1) is 0 Å². The van der Waals surface area contributed by atoms with E-state index in [0.717, 1.165) is 16.1 Å². The van der Waals surface area contributed by atoms with Gasteiger partial charge in [0.25, 0.3) is 0 Å². The minimum atomic E-state index is 0.522. The molecule has 0 saturated heterocycles. The molecule has 82 valence electrons. The molecule has 16 heavy (non-hydrogen) atoms. The fourth-order valence-electron chi connectivity index (χ4n) is 1.78. The SMILES string of the molecule is Cc1ccccc1-c1ccc(CN)cc1Cl. The third-order valence-corrected chi connectivity index (χ3v) is 3.02. The van der Waals surface area contributed by atoms with E-state index in [1.165, 1.54) is 11.1 Å². The third kappa shape index (κ3) is 2.11. The lowest BCUT2D eigenvalue weighted by molar-refractivity contribution is 1.07. The Balaban J connectivity index is 2.53. The topological polar surface area (TPSA) is 26.0 Å². The first-order valence-corrected chi connectivity index (χ1v) is 5.64. The lowest BCUT2D eigenvalue weighted by Crippen LogP contribution is -1.96. The van der Waals surface area contributed by atoms with Gasteiger partial charge < -0.3 is 5.73 Å². The van der Waals surface area contributed by atoms with Crippen molar-refractivity contribution in [3.63, 3.8) is 0 Å². The zero-order valence-corrected chi connectivity index (χ0v) is 9.96. The van der Waals surface area contributed by atoms with Gasteiger partial charge in [-0.2, -0.15) is 0 Å². The molecule has 2 heteroatoms. The number of rotatable bonds is 2. The summed E-state index contributed by atoms with van der Waals surface area (Å²) in [5.74, 6) is 0. The highest BCUT2D eigenvalue weighted by Gasteiger charge is 2.06. The maximum absolute atomic E-state index is 6.26. The van der Waals surface area contributed by atoms with E-state index in [9.17, 15) is 0 Å². The van der Waals surface area contributed by atoms with Crippen LogP contribution in [0.1, 0.15) is 11.1 Å². The van der Waals surface area contributed by atoms with Crippen molar-refractivity contribution in [2.75, 3.05) is 0 Å². The number of nitrogens with two attached hydrogens (primary N) is 1.